The topological polar surface area (TPSA) is 27.7 Å². The van der Waals surface area contributed by atoms with Crippen LogP contribution in [0.5, 0.6) is 17.2 Å². The van der Waals surface area contributed by atoms with E-state index in [1.807, 2.05) is 12.1 Å². The maximum atomic E-state index is 5.77. The predicted molar refractivity (Wildman–Crippen MR) is 111 cm³/mol. The van der Waals surface area contributed by atoms with E-state index in [2.05, 4.69) is 57.2 Å². The Labute approximate surface area is 161 Å². The normalized spacial score (nSPS) is 10.6. The molecule has 0 aromatic heterocycles. The molecular formula is C24H26O3. The van der Waals surface area contributed by atoms with Gasteiger partial charge in [-0.2, -0.15) is 0 Å². The van der Waals surface area contributed by atoms with Crippen LogP contribution in [0.3, 0.4) is 0 Å². The van der Waals surface area contributed by atoms with E-state index in [0.29, 0.717) is 0 Å². The minimum absolute atomic E-state index is 0.829. The third-order valence-corrected chi connectivity index (χ3v) is 4.93. The van der Waals surface area contributed by atoms with E-state index in [0.717, 1.165) is 45.1 Å². The van der Waals surface area contributed by atoms with Crippen LogP contribution in [0.25, 0.3) is 22.3 Å². The largest absolute Gasteiger partial charge is 0.497 e. The van der Waals surface area contributed by atoms with Gasteiger partial charge in [-0.15, -0.1) is 0 Å². The summed E-state index contributed by atoms with van der Waals surface area (Å²) < 4.78 is 16.8. The summed E-state index contributed by atoms with van der Waals surface area (Å²) in [4.78, 5) is 0. The number of aryl methyl sites for hydroxylation is 3. The SMILES string of the molecule is COc1ccc(C)c(-c2cc(C)c(-c3cc(C)ccc3OC)cc2OC)c1. The van der Waals surface area contributed by atoms with Crippen molar-refractivity contribution in [3.05, 3.63) is 65.2 Å². The van der Waals surface area contributed by atoms with Gasteiger partial charge in [-0.05, 0) is 79.4 Å². The zero-order valence-corrected chi connectivity index (χ0v) is 16.8. The summed E-state index contributed by atoms with van der Waals surface area (Å²) in [5, 5.41) is 0. The van der Waals surface area contributed by atoms with Crippen molar-refractivity contribution < 1.29 is 14.2 Å². The van der Waals surface area contributed by atoms with Crippen molar-refractivity contribution in [2.45, 2.75) is 20.8 Å². The molecule has 3 rings (SSSR count). The van der Waals surface area contributed by atoms with Crippen LogP contribution in [0.1, 0.15) is 16.7 Å². The Kier molecular flexibility index (Phi) is 5.41. The Hall–Kier alpha value is -2.94. The van der Waals surface area contributed by atoms with Crippen LogP contribution in [0.4, 0.5) is 0 Å². The van der Waals surface area contributed by atoms with Gasteiger partial charge in [-0.1, -0.05) is 17.7 Å². The molecule has 0 aliphatic heterocycles. The van der Waals surface area contributed by atoms with Crippen molar-refractivity contribution in [1.29, 1.82) is 0 Å². The van der Waals surface area contributed by atoms with Crippen molar-refractivity contribution in [2.75, 3.05) is 21.3 Å². The molecule has 0 saturated carbocycles. The molecule has 0 amide bonds. The summed E-state index contributed by atoms with van der Waals surface area (Å²) >= 11 is 0. The molecule has 0 saturated heterocycles. The molecule has 0 unspecified atom stereocenters. The van der Waals surface area contributed by atoms with E-state index < -0.39 is 0 Å². The van der Waals surface area contributed by atoms with Crippen LogP contribution in [-0.2, 0) is 0 Å². The van der Waals surface area contributed by atoms with Gasteiger partial charge < -0.3 is 14.2 Å². The molecule has 3 heteroatoms. The Morgan fingerprint density at radius 2 is 1.19 bits per heavy atom. The zero-order chi connectivity index (χ0) is 19.6. The summed E-state index contributed by atoms with van der Waals surface area (Å²) in [6.07, 6.45) is 0. The molecular weight excluding hydrogens is 336 g/mol. The second-order valence-corrected chi connectivity index (χ2v) is 6.75. The fourth-order valence-electron chi connectivity index (χ4n) is 3.41. The minimum atomic E-state index is 0.829. The van der Waals surface area contributed by atoms with Gasteiger partial charge in [0.05, 0.1) is 21.3 Å². The first-order valence-corrected chi connectivity index (χ1v) is 8.97. The first-order chi connectivity index (χ1) is 13.0. The van der Waals surface area contributed by atoms with Gasteiger partial charge in [0.2, 0.25) is 0 Å². The average molecular weight is 362 g/mol. The molecule has 0 heterocycles. The molecule has 0 atom stereocenters. The average Bonchev–Trinajstić information content (AvgIpc) is 2.68. The number of rotatable bonds is 5. The molecule has 3 nitrogen and oxygen atoms in total. The molecule has 0 aliphatic carbocycles. The summed E-state index contributed by atoms with van der Waals surface area (Å²) in [6, 6.07) is 16.6. The van der Waals surface area contributed by atoms with Crippen LogP contribution in [0.2, 0.25) is 0 Å². The third-order valence-electron chi connectivity index (χ3n) is 4.93. The second kappa shape index (κ2) is 7.75. The molecule has 0 bridgehead atoms. The highest BCUT2D eigenvalue weighted by molar-refractivity contribution is 5.82. The summed E-state index contributed by atoms with van der Waals surface area (Å²) in [5.74, 6) is 2.52. The highest BCUT2D eigenvalue weighted by Crippen LogP contribution is 2.41. The monoisotopic (exact) mass is 362 g/mol. The highest BCUT2D eigenvalue weighted by atomic mass is 16.5. The lowest BCUT2D eigenvalue weighted by atomic mass is 9.92. The van der Waals surface area contributed by atoms with Gasteiger partial charge in [-0.3, -0.25) is 0 Å². The fourth-order valence-corrected chi connectivity index (χ4v) is 3.41. The standard InChI is InChI=1S/C24H26O3/c1-15-7-10-23(26-5)21(11-15)20-14-24(27-6)22(12-17(20)3)19-13-18(25-4)9-8-16(19)2/h7-14H,1-6H3. The lowest BCUT2D eigenvalue weighted by Crippen LogP contribution is -1.96. The van der Waals surface area contributed by atoms with E-state index in [1.165, 1.54) is 11.1 Å². The Bertz CT molecular complexity index is 974. The maximum Gasteiger partial charge on any atom is 0.127 e. The number of methoxy groups -OCH3 is 3. The Morgan fingerprint density at radius 1 is 0.519 bits per heavy atom. The van der Waals surface area contributed by atoms with Gasteiger partial charge in [0.15, 0.2) is 0 Å². The van der Waals surface area contributed by atoms with Crippen LogP contribution in [0.15, 0.2) is 48.5 Å². The summed E-state index contributed by atoms with van der Waals surface area (Å²) in [5.41, 5.74) is 7.88. The van der Waals surface area contributed by atoms with Crippen molar-refractivity contribution in [3.8, 4) is 39.5 Å². The predicted octanol–water partition coefficient (Wildman–Crippen LogP) is 5.97. The maximum absolute atomic E-state index is 5.77. The zero-order valence-electron chi connectivity index (χ0n) is 16.8. The molecule has 140 valence electrons. The molecule has 0 N–H and O–H groups in total. The Morgan fingerprint density at radius 3 is 1.85 bits per heavy atom. The van der Waals surface area contributed by atoms with E-state index in [1.54, 1.807) is 21.3 Å². The third kappa shape index (κ3) is 3.63. The van der Waals surface area contributed by atoms with Crippen molar-refractivity contribution in [1.82, 2.24) is 0 Å². The van der Waals surface area contributed by atoms with Crippen LogP contribution in [-0.4, -0.2) is 21.3 Å². The van der Waals surface area contributed by atoms with Gasteiger partial charge in [-0.25, -0.2) is 0 Å². The Balaban J connectivity index is 2.22. The molecule has 0 radical (unpaired) electrons. The first-order valence-electron chi connectivity index (χ1n) is 8.97. The molecule has 0 aliphatic rings. The molecule has 0 spiro atoms. The molecule has 3 aromatic rings. The number of ether oxygens (including phenoxy) is 3. The quantitative estimate of drug-likeness (QED) is 0.559. The highest BCUT2D eigenvalue weighted by Gasteiger charge is 2.16. The lowest BCUT2D eigenvalue weighted by Gasteiger charge is -2.18. The van der Waals surface area contributed by atoms with Crippen molar-refractivity contribution >= 4 is 0 Å². The van der Waals surface area contributed by atoms with Crippen LogP contribution in [0, 0.1) is 20.8 Å². The molecule has 0 fully saturated rings. The fraction of sp³-hybridized carbons (Fsp3) is 0.250. The van der Waals surface area contributed by atoms with E-state index in [-0.39, 0.29) is 0 Å². The number of hydrogen-bond donors (Lipinski definition) is 0. The van der Waals surface area contributed by atoms with Crippen molar-refractivity contribution in [3.63, 3.8) is 0 Å². The van der Waals surface area contributed by atoms with Gasteiger partial charge >= 0.3 is 0 Å². The van der Waals surface area contributed by atoms with Gasteiger partial charge in [0.25, 0.3) is 0 Å². The van der Waals surface area contributed by atoms with Gasteiger partial charge in [0, 0.05) is 11.1 Å². The van der Waals surface area contributed by atoms with E-state index >= 15 is 0 Å². The molecule has 27 heavy (non-hydrogen) atoms. The second-order valence-electron chi connectivity index (χ2n) is 6.75. The minimum Gasteiger partial charge on any atom is -0.497 e. The van der Waals surface area contributed by atoms with E-state index in [9.17, 15) is 0 Å². The van der Waals surface area contributed by atoms with Gasteiger partial charge in [0.1, 0.15) is 17.2 Å². The lowest BCUT2D eigenvalue weighted by molar-refractivity contribution is 0.413. The summed E-state index contributed by atoms with van der Waals surface area (Å²) in [7, 11) is 5.10. The van der Waals surface area contributed by atoms with Crippen LogP contribution >= 0.6 is 0 Å². The number of benzene rings is 3. The van der Waals surface area contributed by atoms with Crippen LogP contribution < -0.4 is 14.2 Å². The molecule has 3 aromatic carbocycles. The first kappa shape index (κ1) is 18.8. The smallest absolute Gasteiger partial charge is 0.127 e. The number of hydrogen-bond acceptors (Lipinski definition) is 3. The summed E-state index contributed by atoms with van der Waals surface area (Å²) in [6.45, 7) is 6.31. The van der Waals surface area contributed by atoms with E-state index in [4.69, 9.17) is 14.2 Å². The van der Waals surface area contributed by atoms with Crippen molar-refractivity contribution in [2.24, 2.45) is 0 Å².